The van der Waals surface area contributed by atoms with Gasteiger partial charge in [-0.25, -0.2) is 9.97 Å². The number of amides is 1. The number of rotatable bonds is 3. The Kier molecular flexibility index (Phi) is 3.75. The molecule has 2 heterocycles. The van der Waals surface area contributed by atoms with Crippen LogP contribution in [0.5, 0.6) is 0 Å². The average molecular weight is 295 g/mol. The first-order valence-electron chi connectivity index (χ1n) is 6.47. The van der Waals surface area contributed by atoms with Gasteiger partial charge >= 0.3 is 0 Å². The monoisotopic (exact) mass is 295 g/mol. The number of hydrogen-bond donors (Lipinski definition) is 1. The molecule has 0 saturated heterocycles. The first kappa shape index (κ1) is 13.5. The molecule has 0 radical (unpaired) electrons. The smallest absolute Gasteiger partial charge is 0.269 e. The van der Waals surface area contributed by atoms with Gasteiger partial charge in [0.05, 0.1) is 11.2 Å². The minimum atomic E-state index is -0.186. The maximum absolute atomic E-state index is 12.4. The van der Waals surface area contributed by atoms with Crippen molar-refractivity contribution < 1.29 is 4.79 Å². The van der Waals surface area contributed by atoms with Crippen molar-refractivity contribution in [1.82, 2.24) is 9.97 Å². The topological polar surface area (TPSA) is 54.9 Å². The molecular weight excluding hydrogens is 282 g/mol. The van der Waals surface area contributed by atoms with E-state index >= 15 is 0 Å². The molecule has 0 aliphatic heterocycles. The quantitative estimate of drug-likeness (QED) is 0.800. The molecule has 0 fully saturated rings. The second kappa shape index (κ2) is 5.85. The highest BCUT2D eigenvalue weighted by Crippen LogP contribution is 2.25. The summed E-state index contributed by atoms with van der Waals surface area (Å²) in [6.07, 6.45) is 1.68. The van der Waals surface area contributed by atoms with E-state index in [1.807, 2.05) is 49.4 Å². The summed E-state index contributed by atoms with van der Waals surface area (Å²) in [6.45, 7) is 1.96. The average Bonchev–Trinajstić information content (AvgIpc) is 2.98. The van der Waals surface area contributed by atoms with Gasteiger partial charge in [0.25, 0.3) is 5.91 Å². The van der Waals surface area contributed by atoms with Gasteiger partial charge in [-0.2, -0.15) is 0 Å². The lowest BCUT2D eigenvalue weighted by Crippen LogP contribution is -2.12. The summed E-state index contributed by atoms with van der Waals surface area (Å²) in [5.74, 6) is 0.363. The number of anilines is 1. The lowest BCUT2D eigenvalue weighted by molar-refractivity contribution is 0.103. The number of benzene rings is 1. The summed E-state index contributed by atoms with van der Waals surface area (Å²) in [5, 5.41) is 2.82. The zero-order valence-electron chi connectivity index (χ0n) is 11.4. The van der Waals surface area contributed by atoms with Crippen molar-refractivity contribution in [2.75, 3.05) is 5.32 Å². The van der Waals surface area contributed by atoms with Crippen molar-refractivity contribution in [2.24, 2.45) is 0 Å². The van der Waals surface area contributed by atoms with Crippen LogP contribution in [0.2, 0.25) is 0 Å². The highest BCUT2D eigenvalue weighted by Gasteiger charge is 2.16. The maximum Gasteiger partial charge on any atom is 0.269 e. The van der Waals surface area contributed by atoms with Crippen LogP contribution in [0.3, 0.4) is 0 Å². The molecule has 3 aromatic rings. The van der Waals surface area contributed by atoms with Gasteiger partial charge in [0.15, 0.2) is 0 Å². The van der Waals surface area contributed by atoms with Crippen LogP contribution in [0.4, 0.5) is 5.82 Å². The van der Waals surface area contributed by atoms with Crippen LogP contribution in [0.25, 0.3) is 11.3 Å². The van der Waals surface area contributed by atoms with E-state index < -0.39 is 0 Å². The van der Waals surface area contributed by atoms with Crippen molar-refractivity contribution in [1.29, 1.82) is 0 Å². The van der Waals surface area contributed by atoms with Gasteiger partial charge in [0.1, 0.15) is 10.7 Å². The van der Waals surface area contributed by atoms with Gasteiger partial charge in [-0.3, -0.25) is 4.79 Å². The Morgan fingerprint density at radius 1 is 1.14 bits per heavy atom. The van der Waals surface area contributed by atoms with Gasteiger partial charge in [-0.15, -0.1) is 11.3 Å². The fourth-order valence-corrected chi connectivity index (χ4v) is 2.69. The third-order valence-electron chi connectivity index (χ3n) is 2.98. The van der Waals surface area contributed by atoms with E-state index in [9.17, 15) is 4.79 Å². The van der Waals surface area contributed by atoms with Gasteiger partial charge in [0, 0.05) is 11.8 Å². The zero-order chi connectivity index (χ0) is 14.7. The number of thiazole rings is 1. The summed E-state index contributed by atoms with van der Waals surface area (Å²) >= 11 is 1.33. The molecule has 0 unspecified atom stereocenters. The van der Waals surface area contributed by atoms with Crippen LogP contribution in [0, 0.1) is 6.92 Å². The summed E-state index contributed by atoms with van der Waals surface area (Å²) in [5.41, 5.74) is 4.36. The Balaban J connectivity index is 1.88. The molecule has 0 aliphatic rings. The molecule has 1 aromatic carbocycles. The Hall–Kier alpha value is -2.53. The third-order valence-corrected chi connectivity index (χ3v) is 3.80. The number of carbonyl (C=O) groups excluding carboxylic acids is 1. The van der Waals surface area contributed by atoms with Gasteiger partial charge in [-0.05, 0) is 24.6 Å². The number of carbonyl (C=O) groups is 1. The minimum absolute atomic E-state index is 0.186. The SMILES string of the molecule is Cc1ccnc(NC(=O)c2scnc2-c2ccccc2)c1. The fraction of sp³-hybridized carbons (Fsp3) is 0.0625. The maximum atomic E-state index is 12.4. The van der Waals surface area contributed by atoms with E-state index in [-0.39, 0.29) is 5.91 Å². The van der Waals surface area contributed by atoms with Crippen molar-refractivity contribution >= 4 is 23.1 Å². The molecule has 1 N–H and O–H groups in total. The number of nitrogens with zero attached hydrogens (tertiary/aromatic N) is 2. The predicted octanol–water partition coefficient (Wildman–Crippen LogP) is 3.77. The number of pyridine rings is 1. The Morgan fingerprint density at radius 2 is 1.95 bits per heavy atom. The Labute approximate surface area is 126 Å². The van der Waals surface area contributed by atoms with Crippen LogP contribution in [0.1, 0.15) is 15.2 Å². The molecule has 0 atom stereocenters. The normalized spacial score (nSPS) is 10.3. The lowest BCUT2D eigenvalue weighted by Gasteiger charge is -2.05. The lowest BCUT2D eigenvalue weighted by atomic mass is 10.1. The van der Waals surface area contributed by atoms with Crippen molar-refractivity contribution in [3.63, 3.8) is 0 Å². The van der Waals surface area contributed by atoms with E-state index in [1.165, 1.54) is 11.3 Å². The molecule has 104 valence electrons. The molecule has 5 heteroatoms. The van der Waals surface area contributed by atoms with E-state index in [0.717, 1.165) is 11.1 Å². The van der Waals surface area contributed by atoms with Crippen LogP contribution in [-0.2, 0) is 0 Å². The summed E-state index contributed by atoms with van der Waals surface area (Å²) in [7, 11) is 0. The molecule has 21 heavy (non-hydrogen) atoms. The number of nitrogens with one attached hydrogen (secondary N) is 1. The van der Waals surface area contributed by atoms with Crippen molar-refractivity contribution in [2.45, 2.75) is 6.92 Å². The number of aromatic nitrogens is 2. The second-order valence-corrected chi connectivity index (χ2v) is 5.42. The van der Waals surface area contributed by atoms with Gasteiger partial charge in [-0.1, -0.05) is 30.3 Å². The predicted molar refractivity (Wildman–Crippen MR) is 84.5 cm³/mol. The van der Waals surface area contributed by atoms with Crippen molar-refractivity contribution in [3.05, 3.63) is 64.6 Å². The fourth-order valence-electron chi connectivity index (χ4n) is 1.99. The standard InChI is InChI=1S/C16H13N3OS/c1-11-7-8-17-13(9-11)19-16(20)15-14(18-10-21-15)12-5-3-2-4-6-12/h2-10H,1H3,(H,17,19,20). The third kappa shape index (κ3) is 2.98. The van der Waals surface area contributed by atoms with E-state index in [4.69, 9.17) is 0 Å². The van der Waals surface area contributed by atoms with Crippen LogP contribution in [-0.4, -0.2) is 15.9 Å². The first-order chi connectivity index (χ1) is 10.2. The molecule has 0 bridgehead atoms. The van der Waals surface area contributed by atoms with Crippen LogP contribution < -0.4 is 5.32 Å². The highest BCUT2D eigenvalue weighted by molar-refractivity contribution is 7.12. The van der Waals surface area contributed by atoms with E-state index in [2.05, 4.69) is 15.3 Å². The second-order valence-electron chi connectivity index (χ2n) is 4.57. The minimum Gasteiger partial charge on any atom is -0.306 e. The molecule has 0 saturated carbocycles. The number of aryl methyl sites for hydroxylation is 1. The number of hydrogen-bond acceptors (Lipinski definition) is 4. The molecule has 0 aliphatic carbocycles. The Bertz CT molecular complexity index is 768. The van der Waals surface area contributed by atoms with Gasteiger partial charge < -0.3 is 5.32 Å². The molecule has 1 amide bonds. The molecular formula is C16H13N3OS. The summed E-state index contributed by atoms with van der Waals surface area (Å²) < 4.78 is 0. The van der Waals surface area contributed by atoms with Gasteiger partial charge in [0.2, 0.25) is 0 Å². The summed E-state index contributed by atoms with van der Waals surface area (Å²) in [6, 6.07) is 13.4. The van der Waals surface area contributed by atoms with Crippen molar-refractivity contribution in [3.8, 4) is 11.3 Å². The largest absolute Gasteiger partial charge is 0.306 e. The molecule has 2 aromatic heterocycles. The zero-order valence-corrected chi connectivity index (χ0v) is 12.2. The first-order valence-corrected chi connectivity index (χ1v) is 7.35. The molecule has 4 nitrogen and oxygen atoms in total. The van der Waals surface area contributed by atoms with Crippen LogP contribution in [0.15, 0.2) is 54.2 Å². The van der Waals surface area contributed by atoms with E-state index in [0.29, 0.717) is 16.4 Å². The summed E-state index contributed by atoms with van der Waals surface area (Å²) in [4.78, 5) is 21.4. The highest BCUT2D eigenvalue weighted by atomic mass is 32.1. The molecule has 0 spiro atoms. The molecule has 3 rings (SSSR count). The Morgan fingerprint density at radius 3 is 2.71 bits per heavy atom. The van der Waals surface area contributed by atoms with E-state index in [1.54, 1.807) is 11.7 Å². The van der Waals surface area contributed by atoms with Crippen LogP contribution >= 0.6 is 11.3 Å².